The molecule has 0 bridgehead atoms. The van der Waals surface area contributed by atoms with Crippen LogP contribution in [0.4, 0.5) is 0 Å². The summed E-state index contributed by atoms with van der Waals surface area (Å²) in [6.07, 6.45) is 0. The van der Waals surface area contributed by atoms with Crippen LogP contribution in [-0.4, -0.2) is 10.9 Å². The second kappa shape index (κ2) is 5.98. The maximum atomic E-state index is 12.2. The van der Waals surface area contributed by atoms with Gasteiger partial charge in [-0.2, -0.15) is 5.26 Å². The summed E-state index contributed by atoms with van der Waals surface area (Å²) in [4.78, 5) is 16.5. The van der Waals surface area contributed by atoms with Crippen LogP contribution in [0, 0.1) is 25.2 Å². The van der Waals surface area contributed by atoms with Gasteiger partial charge >= 0.3 is 0 Å². The number of rotatable bonds is 3. The van der Waals surface area contributed by atoms with Gasteiger partial charge in [0.05, 0.1) is 17.3 Å². The highest BCUT2D eigenvalue weighted by Gasteiger charge is 2.16. The van der Waals surface area contributed by atoms with E-state index in [0.29, 0.717) is 11.3 Å². The molecule has 1 heterocycles. The van der Waals surface area contributed by atoms with E-state index in [4.69, 9.17) is 0 Å². The normalized spacial score (nSPS) is 11.4. The van der Waals surface area contributed by atoms with Crippen molar-refractivity contribution in [3.8, 4) is 6.07 Å². The molecule has 1 aromatic heterocycles. The van der Waals surface area contributed by atoms with Gasteiger partial charge in [-0.05, 0) is 31.5 Å². The number of nitriles is 1. The van der Waals surface area contributed by atoms with Crippen LogP contribution in [0.1, 0.15) is 33.4 Å². The maximum absolute atomic E-state index is 12.2. The van der Waals surface area contributed by atoms with Crippen molar-refractivity contribution in [2.24, 2.45) is 0 Å². The average molecular weight is 265 g/mol. The second-order valence-electron chi connectivity index (χ2n) is 4.53. The fraction of sp³-hybridized carbons (Fsp3) is 0.188. The van der Waals surface area contributed by atoms with Gasteiger partial charge in [-0.1, -0.05) is 30.3 Å². The first-order valence-electron chi connectivity index (χ1n) is 6.31. The van der Waals surface area contributed by atoms with Crippen molar-refractivity contribution in [1.82, 2.24) is 10.3 Å². The Morgan fingerprint density at radius 1 is 1.20 bits per heavy atom. The van der Waals surface area contributed by atoms with Crippen molar-refractivity contribution in [1.29, 1.82) is 5.26 Å². The fourth-order valence-corrected chi connectivity index (χ4v) is 1.97. The third-order valence-electron chi connectivity index (χ3n) is 3.01. The van der Waals surface area contributed by atoms with Crippen molar-refractivity contribution in [2.45, 2.75) is 19.9 Å². The maximum Gasteiger partial charge on any atom is 0.254 e. The summed E-state index contributed by atoms with van der Waals surface area (Å²) in [7, 11) is 0. The first-order valence-corrected chi connectivity index (χ1v) is 6.31. The molecule has 2 aromatic rings. The lowest BCUT2D eigenvalue weighted by atomic mass is 10.1. The van der Waals surface area contributed by atoms with E-state index in [1.54, 1.807) is 19.1 Å². The molecule has 0 aliphatic carbocycles. The Labute approximate surface area is 118 Å². The molecule has 1 unspecified atom stereocenters. The number of pyridine rings is 1. The minimum absolute atomic E-state index is 0.287. The summed E-state index contributed by atoms with van der Waals surface area (Å²) < 4.78 is 0. The Hall–Kier alpha value is -2.67. The van der Waals surface area contributed by atoms with Gasteiger partial charge in [0.2, 0.25) is 0 Å². The highest BCUT2D eigenvalue weighted by atomic mass is 16.1. The molecule has 0 saturated heterocycles. The van der Waals surface area contributed by atoms with E-state index in [1.165, 1.54) is 0 Å². The van der Waals surface area contributed by atoms with Crippen LogP contribution in [0.5, 0.6) is 0 Å². The van der Waals surface area contributed by atoms with E-state index in [2.05, 4.69) is 16.4 Å². The largest absolute Gasteiger partial charge is 0.332 e. The number of nitrogens with zero attached hydrogens (tertiary/aromatic N) is 2. The number of aryl methyl sites for hydroxylation is 2. The van der Waals surface area contributed by atoms with Crippen molar-refractivity contribution in [3.05, 3.63) is 65.0 Å². The topological polar surface area (TPSA) is 65.8 Å². The number of hydrogen-bond acceptors (Lipinski definition) is 3. The van der Waals surface area contributed by atoms with Crippen LogP contribution < -0.4 is 5.32 Å². The lowest BCUT2D eigenvalue weighted by Gasteiger charge is -2.13. The highest BCUT2D eigenvalue weighted by molar-refractivity contribution is 5.95. The number of carbonyl (C=O) groups is 1. The van der Waals surface area contributed by atoms with E-state index in [9.17, 15) is 10.1 Å². The van der Waals surface area contributed by atoms with Crippen LogP contribution >= 0.6 is 0 Å². The average Bonchev–Trinajstić information content (AvgIpc) is 2.45. The van der Waals surface area contributed by atoms with E-state index >= 15 is 0 Å². The number of aromatic nitrogens is 1. The van der Waals surface area contributed by atoms with E-state index in [0.717, 1.165) is 11.3 Å². The summed E-state index contributed by atoms with van der Waals surface area (Å²) in [6.45, 7) is 3.66. The molecule has 2 rings (SSSR count). The van der Waals surface area contributed by atoms with Crippen LogP contribution in [0.3, 0.4) is 0 Å². The molecule has 1 amide bonds. The number of amides is 1. The number of benzene rings is 1. The van der Waals surface area contributed by atoms with Gasteiger partial charge in [0.25, 0.3) is 5.91 Å². The lowest BCUT2D eigenvalue weighted by Crippen LogP contribution is -2.28. The monoisotopic (exact) mass is 265 g/mol. The minimum Gasteiger partial charge on any atom is -0.332 e. The lowest BCUT2D eigenvalue weighted by molar-refractivity contribution is 0.0944. The Morgan fingerprint density at radius 3 is 2.50 bits per heavy atom. The zero-order chi connectivity index (χ0) is 14.5. The van der Waals surface area contributed by atoms with Gasteiger partial charge in [-0.3, -0.25) is 9.78 Å². The SMILES string of the molecule is Cc1ccc(C(=O)NC(C#N)c2ccccc2)c(C)n1. The molecule has 4 heteroatoms. The van der Waals surface area contributed by atoms with Gasteiger partial charge in [0.15, 0.2) is 0 Å². The molecule has 20 heavy (non-hydrogen) atoms. The molecule has 1 N–H and O–H groups in total. The molecule has 0 radical (unpaired) electrons. The van der Waals surface area contributed by atoms with Crippen LogP contribution in [0.25, 0.3) is 0 Å². The molecule has 0 saturated carbocycles. The van der Waals surface area contributed by atoms with Crippen LogP contribution in [0.15, 0.2) is 42.5 Å². The van der Waals surface area contributed by atoms with Crippen molar-refractivity contribution < 1.29 is 4.79 Å². The quantitative estimate of drug-likeness (QED) is 0.927. The molecule has 0 fully saturated rings. The number of nitrogens with one attached hydrogen (secondary N) is 1. The van der Waals surface area contributed by atoms with Crippen LogP contribution in [0.2, 0.25) is 0 Å². The number of hydrogen-bond donors (Lipinski definition) is 1. The Bertz CT molecular complexity index is 659. The van der Waals surface area contributed by atoms with Crippen molar-refractivity contribution >= 4 is 5.91 Å². The second-order valence-corrected chi connectivity index (χ2v) is 4.53. The molecule has 1 atom stereocenters. The highest BCUT2D eigenvalue weighted by Crippen LogP contribution is 2.13. The van der Waals surface area contributed by atoms with Gasteiger partial charge in [0, 0.05) is 5.69 Å². The summed E-state index contributed by atoms with van der Waals surface area (Å²) in [5.74, 6) is -0.287. The summed E-state index contributed by atoms with van der Waals surface area (Å²) in [6, 6.07) is 14.1. The number of carbonyl (C=O) groups excluding carboxylic acids is 1. The van der Waals surface area contributed by atoms with Crippen molar-refractivity contribution in [2.75, 3.05) is 0 Å². The third-order valence-corrected chi connectivity index (χ3v) is 3.01. The Morgan fingerprint density at radius 2 is 1.90 bits per heavy atom. The van der Waals surface area contributed by atoms with Gasteiger partial charge in [-0.25, -0.2) is 0 Å². The van der Waals surface area contributed by atoms with Gasteiger partial charge in [0.1, 0.15) is 6.04 Å². The first kappa shape index (κ1) is 13.8. The van der Waals surface area contributed by atoms with E-state index < -0.39 is 6.04 Å². The Kier molecular flexibility index (Phi) is 4.11. The van der Waals surface area contributed by atoms with Gasteiger partial charge in [-0.15, -0.1) is 0 Å². The predicted molar refractivity (Wildman–Crippen MR) is 76.0 cm³/mol. The van der Waals surface area contributed by atoms with E-state index in [-0.39, 0.29) is 5.91 Å². The zero-order valence-electron chi connectivity index (χ0n) is 11.4. The molecule has 100 valence electrons. The molecule has 0 aliphatic rings. The molecule has 0 aliphatic heterocycles. The molecule has 4 nitrogen and oxygen atoms in total. The van der Waals surface area contributed by atoms with Crippen LogP contribution in [-0.2, 0) is 0 Å². The minimum atomic E-state index is -0.663. The zero-order valence-corrected chi connectivity index (χ0v) is 11.4. The van der Waals surface area contributed by atoms with Crippen molar-refractivity contribution in [3.63, 3.8) is 0 Å². The molecule has 1 aromatic carbocycles. The summed E-state index contributed by atoms with van der Waals surface area (Å²) in [5.41, 5.74) is 2.78. The first-order chi connectivity index (χ1) is 9.61. The smallest absolute Gasteiger partial charge is 0.254 e. The van der Waals surface area contributed by atoms with E-state index in [1.807, 2.05) is 37.3 Å². The van der Waals surface area contributed by atoms with Gasteiger partial charge < -0.3 is 5.32 Å². The molecular weight excluding hydrogens is 250 g/mol. The standard InChI is InChI=1S/C16H15N3O/c1-11-8-9-14(12(2)18-11)16(20)19-15(10-17)13-6-4-3-5-7-13/h3-9,15H,1-2H3,(H,19,20). The Balaban J connectivity index is 2.20. The summed E-state index contributed by atoms with van der Waals surface area (Å²) >= 11 is 0. The predicted octanol–water partition coefficient (Wildman–Crippen LogP) is 2.69. The molecular formula is C16H15N3O. The third kappa shape index (κ3) is 3.01. The fourth-order valence-electron chi connectivity index (χ4n) is 1.97. The summed E-state index contributed by atoms with van der Waals surface area (Å²) in [5, 5.41) is 11.9. The molecule has 0 spiro atoms.